The summed E-state index contributed by atoms with van der Waals surface area (Å²) in [6, 6.07) is 3.92. The molecule has 1 fully saturated rings. The lowest BCUT2D eigenvalue weighted by Crippen LogP contribution is -2.52. The number of Topliss-reactive ketones (excluding diaryl/α,β-unsaturated/α-hetero) is 1. The molecule has 0 N–H and O–H groups in total. The lowest BCUT2D eigenvalue weighted by atomic mass is 9.87. The van der Waals surface area contributed by atoms with Crippen molar-refractivity contribution in [3.8, 4) is 5.75 Å². The van der Waals surface area contributed by atoms with Gasteiger partial charge in [0.05, 0.1) is 18.2 Å². The van der Waals surface area contributed by atoms with Gasteiger partial charge in [0.25, 0.3) is 0 Å². The molecule has 21 heavy (non-hydrogen) atoms. The van der Waals surface area contributed by atoms with E-state index in [1.807, 2.05) is 39.8 Å². The molecule has 0 amide bonds. The number of aryl methyl sites for hydroxylation is 1. The van der Waals surface area contributed by atoms with Crippen molar-refractivity contribution < 1.29 is 9.53 Å². The molecule has 2 rings (SSSR count). The number of piperidine rings is 1. The van der Waals surface area contributed by atoms with Crippen LogP contribution in [0.4, 0.5) is 0 Å². The van der Waals surface area contributed by atoms with E-state index in [1.54, 1.807) is 7.11 Å². The van der Waals surface area contributed by atoms with E-state index in [-0.39, 0.29) is 5.78 Å². The van der Waals surface area contributed by atoms with Crippen molar-refractivity contribution in [2.45, 2.75) is 52.5 Å². The Hall–Kier alpha value is -1.35. The van der Waals surface area contributed by atoms with Gasteiger partial charge < -0.3 is 4.74 Å². The maximum absolute atomic E-state index is 13.1. The van der Waals surface area contributed by atoms with E-state index in [0.717, 1.165) is 30.0 Å². The van der Waals surface area contributed by atoms with Gasteiger partial charge in [0.2, 0.25) is 0 Å². The summed E-state index contributed by atoms with van der Waals surface area (Å²) in [4.78, 5) is 15.4. The van der Waals surface area contributed by atoms with E-state index in [4.69, 9.17) is 4.74 Å². The fourth-order valence-corrected chi connectivity index (χ4v) is 3.16. The van der Waals surface area contributed by atoms with Gasteiger partial charge in [0.1, 0.15) is 5.75 Å². The summed E-state index contributed by atoms with van der Waals surface area (Å²) in [6.45, 7) is 10.1. The first-order valence-electron chi connectivity index (χ1n) is 7.83. The van der Waals surface area contributed by atoms with Crippen LogP contribution in [0.1, 0.15) is 54.6 Å². The number of carbonyl (C=O) groups is 1. The Morgan fingerprint density at radius 1 is 1.14 bits per heavy atom. The molecule has 0 unspecified atom stereocenters. The van der Waals surface area contributed by atoms with Crippen molar-refractivity contribution >= 4 is 5.78 Å². The number of methoxy groups -OCH3 is 1. The molecule has 1 aromatic carbocycles. The van der Waals surface area contributed by atoms with Crippen molar-refractivity contribution in [2.75, 3.05) is 20.2 Å². The van der Waals surface area contributed by atoms with Gasteiger partial charge in [-0.15, -0.1) is 0 Å². The number of hydrogen-bond acceptors (Lipinski definition) is 3. The van der Waals surface area contributed by atoms with E-state index < -0.39 is 5.54 Å². The Balaban J connectivity index is 2.36. The van der Waals surface area contributed by atoms with E-state index in [2.05, 4.69) is 4.90 Å². The third-order valence-electron chi connectivity index (χ3n) is 4.83. The minimum atomic E-state index is -0.477. The molecule has 3 heteroatoms. The van der Waals surface area contributed by atoms with Gasteiger partial charge in [-0.1, -0.05) is 12.5 Å². The van der Waals surface area contributed by atoms with E-state index in [9.17, 15) is 4.79 Å². The average molecular weight is 289 g/mol. The van der Waals surface area contributed by atoms with Crippen LogP contribution in [0, 0.1) is 13.8 Å². The summed E-state index contributed by atoms with van der Waals surface area (Å²) in [6.07, 6.45) is 3.63. The number of carbonyl (C=O) groups excluding carboxylic acids is 1. The van der Waals surface area contributed by atoms with Gasteiger partial charge in [-0.3, -0.25) is 9.69 Å². The van der Waals surface area contributed by atoms with Crippen LogP contribution in [-0.2, 0) is 0 Å². The first kappa shape index (κ1) is 16.0. The minimum Gasteiger partial charge on any atom is -0.496 e. The molecule has 0 aliphatic carbocycles. The quantitative estimate of drug-likeness (QED) is 0.790. The maximum Gasteiger partial charge on any atom is 0.186 e. The van der Waals surface area contributed by atoms with Gasteiger partial charge in [0, 0.05) is 0 Å². The van der Waals surface area contributed by atoms with Gasteiger partial charge >= 0.3 is 0 Å². The zero-order chi connectivity index (χ0) is 15.6. The molecule has 0 spiro atoms. The second kappa shape index (κ2) is 6.18. The maximum atomic E-state index is 13.1. The van der Waals surface area contributed by atoms with Crippen molar-refractivity contribution in [3.05, 3.63) is 28.8 Å². The number of benzene rings is 1. The van der Waals surface area contributed by atoms with Crippen LogP contribution >= 0.6 is 0 Å². The van der Waals surface area contributed by atoms with Crippen molar-refractivity contribution in [1.82, 2.24) is 4.90 Å². The Morgan fingerprint density at radius 3 is 2.33 bits per heavy atom. The Morgan fingerprint density at radius 2 is 1.76 bits per heavy atom. The second-order valence-corrected chi connectivity index (χ2v) is 6.52. The number of nitrogens with zero attached hydrogens (tertiary/aromatic N) is 1. The predicted molar refractivity (Wildman–Crippen MR) is 86.3 cm³/mol. The molecule has 0 atom stereocenters. The first-order chi connectivity index (χ1) is 9.89. The Bertz CT molecular complexity index is 528. The minimum absolute atomic E-state index is 0.157. The van der Waals surface area contributed by atoms with Gasteiger partial charge in [-0.25, -0.2) is 0 Å². The highest BCUT2D eigenvalue weighted by atomic mass is 16.5. The number of hydrogen-bond donors (Lipinski definition) is 0. The van der Waals surface area contributed by atoms with Crippen LogP contribution in [0.3, 0.4) is 0 Å². The van der Waals surface area contributed by atoms with Crippen LogP contribution in [0.15, 0.2) is 12.1 Å². The zero-order valence-corrected chi connectivity index (χ0v) is 14.0. The van der Waals surface area contributed by atoms with Crippen molar-refractivity contribution in [3.63, 3.8) is 0 Å². The van der Waals surface area contributed by atoms with Gasteiger partial charge in [0.15, 0.2) is 5.78 Å². The molecule has 0 saturated carbocycles. The van der Waals surface area contributed by atoms with Crippen molar-refractivity contribution in [1.29, 1.82) is 0 Å². The third kappa shape index (κ3) is 2.98. The highest BCUT2D eigenvalue weighted by molar-refractivity contribution is 6.05. The molecule has 1 aromatic rings. The molecule has 0 bridgehead atoms. The molecule has 3 nitrogen and oxygen atoms in total. The smallest absolute Gasteiger partial charge is 0.186 e. The molecule has 1 heterocycles. The number of rotatable bonds is 4. The summed E-state index contributed by atoms with van der Waals surface area (Å²) in [5.41, 5.74) is 2.43. The topological polar surface area (TPSA) is 29.5 Å². The second-order valence-electron chi connectivity index (χ2n) is 6.52. The largest absolute Gasteiger partial charge is 0.496 e. The lowest BCUT2D eigenvalue weighted by Gasteiger charge is -2.40. The molecular formula is C18H27NO2. The Labute approximate surface area is 128 Å². The zero-order valence-electron chi connectivity index (χ0n) is 14.0. The predicted octanol–water partition coefficient (Wildman–Crippen LogP) is 3.76. The summed E-state index contributed by atoms with van der Waals surface area (Å²) in [5, 5.41) is 0. The van der Waals surface area contributed by atoms with Crippen LogP contribution < -0.4 is 4.74 Å². The summed E-state index contributed by atoms with van der Waals surface area (Å²) < 4.78 is 5.52. The lowest BCUT2D eigenvalue weighted by molar-refractivity contribution is 0.0576. The monoisotopic (exact) mass is 289 g/mol. The SMILES string of the molecule is COc1c(C(=O)C(C)(C)N2CCCCC2)ccc(C)c1C. The van der Waals surface area contributed by atoms with E-state index in [0.29, 0.717) is 5.56 Å². The molecule has 0 aromatic heterocycles. The van der Waals surface area contributed by atoms with E-state index in [1.165, 1.54) is 19.3 Å². The molecule has 116 valence electrons. The molecule has 1 aliphatic rings. The van der Waals surface area contributed by atoms with E-state index >= 15 is 0 Å². The summed E-state index contributed by atoms with van der Waals surface area (Å²) >= 11 is 0. The fourth-order valence-electron chi connectivity index (χ4n) is 3.16. The number of ketones is 1. The van der Waals surface area contributed by atoms with Gasteiger partial charge in [-0.2, -0.15) is 0 Å². The number of ether oxygens (including phenoxy) is 1. The molecular weight excluding hydrogens is 262 g/mol. The average Bonchev–Trinajstić information content (AvgIpc) is 2.50. The third-order valence-corrected chi connectivity index (χ3v) is 4.83. The number of likely N-dealkylation sites (tertiary alicyclic amines) is 1. The molecule has 1 saturated heterocycles. The normalized spacial score (nSPS) is 16.8. The summed E-state index contributed by atoms with van der Waals surface area (Å²) in [5.74, 6) is 0.884. The molecule has 1 aliphatic heterocycles. The van der Waals surface area contributed by atoms with Crippen LogP contribution in [0.2, 0.25) is 0 Å². The Kier molecular flexibility index (Phi) is 4.72. The fraction of sp³-hybridized carbons (Fsp3) is 0.611. The van der Waals surface area contributed by atoms with Crippen molar-refractivity contribution in [2.24, 2.45) is 0 Å². The molecule has 0 radical (unpaired) electrons. The van der Waals surface area contributed by atoms with Gasteiger partial charge in [-0.05, 0) is 70.8 Å². The standard InChI is InChI=1S/C18H27NO2/c1-13-9-10-15(16(21-5)14(13)2)17(20)18(3,4)19-11-7-6-8-12-19/h9-10H,6-8,11-12H2,1-5H3. The van der Waals surface area contributed by atoms with Crippen LogP contribution in [0.5, 0.6) is 5.75 Å². The highest BCUT2D eigenvalue weighted by Crippen LogP contribution is 2.32. The van der Waals surface area contributed by atoms with Crippen LogP contribution in [-0.4, -0.2) is 36.4 Å². The highest BCUT2D eigenvalue weighted by Gasteiger charge is 2.37. The summed E-state index contributed by atoms with van der Waals surface area (Å²) in [7, 11) is 1.65. The first-order valence-corrected chi connectivity index (χ1v) is 7.83. The van der Waals surface area contributed by atoms with Crippen LogP contribution in [0.25, 0.3) is 0 Å².